The summed E-state index contributed by atoms with van der Waals surface area (Å²) in [4.78, 5) is 0. The van der Waals surface area contributed by atoms with E-state index in [-0.39, 0.29) is 0 Å². The summed E-state index contributed by atoms with van der Waals surface area (Å²) < 4.78 is 0. The van der Waals surface area contributed by atoms with Crippen LogP contribution in [-0.4, -0.2) is 13.1 Å². The van der Waals surface area contributed by atoms with Gasteiger partial charge >= 0.3 is 0 Å². The zero-order valence-electron chi connectivity index (χ0n) is 8.28. The summed E-state index contributed by atoms with van der Waals surface area (Å²) in [5.41, 5.74) is 0.490. The van der Waals surface area contributed by atoms with Crippen molar-refractivity contribution in [1.29, 1.82) is 0 Å². The molecule has 1 aliphatic rings. The Morgan fingerprint density at radius 2 is 1.82 bits per heavy atom. The maximum absolute atomic E-state index is 3.42. The van der Waals surface area contributed by atoms with Gasteiger partial charge in [-0.25, -0.2) is 0 Å². The van der Waals surface area contributed by atoms with Crippen molar-refractivity contribution in [2.24, 2.45) is 11.3 Å². The Bertz CT molecular complexity index is 123. The summed E-state index contributed by atoms with van der Waals surface area (Å²) in [5, 5.41) is 3.42. The van der Waals surface area contributed by atoms with E-state index in [0.29, 0.717) is 5.41 Å². The molecular weight excluding hydrogens is 134 g/mol. The number of rotatable bonds is 1. The van der Waals surface area contributed by atoms with E-state index in [2.05, 4.69) is 33.1 Å². The predicted octanol–water partition coefficient (Wildman–Crippen LogP) is 2.42. The number of hydrogen-bond acceptors (Lipinski definition) is 1. The fraction of sp³-hybridized carbons (Fsp3) is 1.00. The number of nitrogens with one attached hydrogen (secondary N) is 1. The summed E-state index contributed by atoms with van der Waals surface area (Å²) in [6, 6.07) is 0.773. The molecular formula is C10H21N. The lowest BCUT2D eigenvalue weighted by molar-refractivity contribution is 0.208. The molecule has 0 aliphatic heterocycles. The summed E-state index contributed by atoms with van der Waals surface area (Å²) in [7, 11) is 2.09. The molecule has 1 saturated carbocycles. The van der Waals surface area contributed by atoms with Crippen LogP contribution in [-0.2, 0) is 0 Å². The molecule has 0 heterocycles. The summed E-state index contributed by atoms with van der Waals surface area (Å²) in [6.45, 7) is 7.06. The van der Waals surface area contributed by atoms with Crippen LogP contribution in [0.5, 0.6) is 0 Å². The molecule has 2 unspecified atom stereocenters. The van der Waals surface area contributed by atoms with E-state index in [1.54, 1.807) is 0 Å². The zero-order chi connectivity index (χ0) is 8.48. The lowest BCUT2D eigenvalue weighted by Gasteiger charge is -2.32. The Morgan fingerprint density at radius 3 is 2.18 bits per heavy atom. The molecule has 1 heteroatoms. The van der Waals surface area contributed by atoms with Crippen molar-refractivity contribution in [1.82, 2.24) is 5.32 Å². The van der Waals surface area contributed by atoms with E-state index in [9.17, 15) is 0 Å². The molecule has 1 rings (SSSR count). The standard InChI is InChI=1S/C10H21N/c1-10(2,3)8-6-5-7-9(8)11-4/h8-9,11H,5-7H2,1-4H3. The first-order chi connectivity index (χ1) is 5.05. The molecule has 0 aromatic rings. The molecule has 2 atom stereocenters. The minimum atomic E-state index is 0.490. The van der Waals surface area contributed by atoms with Crippen molar-refractivity contribution < 1.29 is 0 Å². The van der Waals surface area contributed by atoms with Gasteiger partial charge in [0.1, 0.15) is 0 Å². The van der Waals surface area contributed by atoms with E-state index >= 15 is 0 Å². The third-order valence-corrected chi connectivity index (χ3v) is 3.00. The van der Waals surface area contributed by atoms with E-state index in [1.165, 1.54) is 19.3 Å². The van der Waals surface area contributed by atoms with Gasteiger partial charge in [-0.15, -0.1) is 0 Å². The fourth-order valence-electron chi connectivity index (χ4n) is 2.34. The van der Waals surface area contributed by atoms with Gasteiger partial charge in [0.05, 0.1) is 0 Å². The summed E-state index contributed by atoms with van der Waals surface area (Å²) in [6.07, 6.45) is 4.20. The van der Waals surface area contributed by atoms with Crippen LogP contribution in [0, 0.1) is 11.3 Å². The topological polar surface area (TPSA) is 12.0 Å². The second kappa shape index (κ2) is 3.14. The maximum atomic E-state index is 3.42. The normalized spacial score (nSPS) is 32.7. The van der Waals surface area contributed by atoms with Gasteiger partial charge in [-0.2, -0.15) is 0 Å². The minimum Gasteiger partial charge on any atom is -0.317 e. The van der Waals surface area contributed by atoms with Crippen LogP contribution in [0.3, 0.4) is 0 Å². The predicted molar refractivity (Wildman–Crippen MR) is 49.6 cm³/mol. The molecule has 11 heavy (non-hydrogen) atoms. The molecule has 0 bridgehead atoms. The Hall–Kier alpha value is -0.0400. The van der Waals surface area contributed by atoms with Gasteiger partial charge in [-0.3, -0.25) is 0 Å². The van der Waals surface area contributed by atoms with Crippen LogP contribution in [0.2, 0.25) is 0 Å². The first kappa shape index (κ1) is 9.05. The first-order valence-electron chi connectivity index (χ1n) is 4.73. The molecule has 1 fully saturated rings. The highest BCUT2D eigenvalue weighted by molar-refractivity contribution is 4.89. The quantitative estimate of drug-likeness (QED) is 0.613. The summed E-state index contributed by atoms with van der Waals surface area (Å²) in [5.74, 6) is 0.882. The lowest BCUT2D eigenvalue weighted by atomic mass is 9.78. The van der Waals surface area contributed by atoms with E-state index in [0.717, 1.165) is 12.0 Å². The highest BCUT2D eigenvalue weighted by atomic mass is 14.9. The van der Waals surface area contributed by atoms with Gasteiger partial charge in [-0.05, 0) is 31.2 Å². The number of hydrogen-bond donors (Lipinski definition) is 1. The Morgan fingerprint density at radius 1 is 1.18 bits per heavy atom. The molecule has 0 aromatic carbocycles. The smallest absolute Gasteiger partial charge is 0.00973 e. The molecule has 1 nitrogen and oxygen atoms in total. The van der Waals surface area contributed by atoms with Gasteiger partial charge in [0.25, 0.3) is 0 Å². The van der Waals surface area contributed by atoms with Crippen molar-refractivity contribution in [3.8, 4) is 0 Å². The highest BCUT2D eigenvalue weighted by Crippen LogP contribution is 2.38. The Balaban J connectivity index is 2.57. The van der Waals surface area contributed by atoms with Crippen molar-refractivity contribution in [2.75, 3.05) is 7.05 Å². The van der Waals surface area contributed by atoms with Crippen LogP contribution in [0.15, 0.2) is 0 Å². The van der Waals surface area contributed by atoms with E-state index in [1.807, 2.05) is 0 Å². The zero-order valence-corrected chi connectivity index (χ0v) is 8.28. The second-order valence-corrected chi connectivity index (χ2v) is 4.80. The van der Waals surface area contributed by atoms with Gasteiger partial charge in [-0.1, -0.05) is 27.2 Å². The molecule has 1 N–H and O–H groups in total. The maximum Gasteiger partial charge on any atom is 0.00973 e. The average molecular weight is 155 g/mol. The van der Waals surface area contributed by atoms with E-state index in [4.69, 9.17) is 0 Å². The Labute approximate surface area is 70.6 Å². The Kier molecular flexibility index (Phi) is 2.58. The molecule has 66 valence electrons. The average Bonchev–Trinajstić information content (AvgIpc) is 2.31. The van der Waals surface area contributed by atoms with Crippen molar-refractivity contribution in [3.05, 3.63) is 0 Å². The molecule has 0 radical (unpaired) electrons. The first-order valence-corrected chi connectivity index (χ1v) is 4.73. The van der Waals surface area contributed by atoms with Crippen LogP contribution >= 0.6 is 0 Å². The third-order valence-electron chi connectivity index (χ3n) is 3.00. The molecule has 1 aliphatic carbocycles. The monoisotopic (exact) mass is 155 g/mol. The van der Waals surface area contributed by atoms with Crippen LogP contribution in [0.4, 0.5) is 0 Å². The molecule has 0 aromatic heterocycles. The van der Waals surface area contributed by atoms with Crippen molar-refractivity contribution in [3.63, 3.8) is 0 Å². The van der Waals surface area contributed by atoms with Crippen LogP contribution in [0.25, 0.3) is 0 Å². The van der Waals surface area contributed by atoms with E-state index < -0.39 is 0 Å². The summed E-state index contributed by atoms with van der Waals surface area (Å²) >= 11 is 0. The van der Waals surface area contributed by atoms with Gasteiger partial charge < -0.3 is 5.32 Å². The fourth-order valence-corrected chi connectivity index (χ4v) is 2.34. The minimum absolute atomic E-state index is 0.490. The molecule has 0 amide bonds. The van der Waals surface area contributed by atoms with Crippen LogP contribution in [0.1, 0.15) is 40.0 Å². The van der Waals surface area contributed by atoms with Crippen molar-refractivity contribution >= 4 is 0 Å². The lowest BCUT2D eigenvalue weighted by Crippen LogP contribution is -2.36. The van der Waals surface area contributed by atoms with Gasteiger partial charge in [0.2, 0.25) is 0 Å². The molecule has 0 spiro atoms. The second-order valence-electron chi connectivity index (χ2n) is 4.80. The highest BCUT2D eigenvalue weighted by Gasteiger charge is 2.34. The van der Waals surface area contributed by atoms with Gasteiger partial charge in [0, 0.05) is 6.04 Å². The largest absolute Gasteiger partial charge is 0.317 e. The van der Waals surface area contributed by atoms with Crippen molar-refractivity contribution in [2.45, 2.75) is 46.1 Å². The van der Waals surface area contributed by atoms with Gasteiger partial charge in [0.15, 0.2) is 0 Å². The SMILES string of the molecule is CNC1CCCC1C(C)(C)C. The third kappa shape index (κ3) is 1.96. The molecule has 0 saturated heterocycles. The van der Waals surface area contributed by atoms with Crippen LogP contribution < -0.4 is 5.32 Å².